The summed E-state index contributed by atoms with van der Waals surface area (Å²) in [6, 6.07) is 7.44. The molecule has 1 aromatic rings. The van der Waals surface area contributed by atoms with E-state index in [0.717, 1.165) is 36.0 Å². The van der Waals surface area contributed by atoms with Crippen LogP contribution in [-0.2, 0) is 9.59 Å². The molecule has 0 aromatic heterocycles. The van der Waals surface area contributed by atoms with Gasteiger partial charge in [0.2, 0.25) is 5.91 Å². The van der Waals surface area contributed by atoms with Gasteiger partial charge >= 0.3 is 5.97 Å². The van der Waals surface area contributed by atoms with E-state index in [-0.39, 0.29) is 24.9 Å². The summed E-state index contributed by atoms with van der Waals surface area (Å²) in [6.07, 6.45) is 2.15. The minimum Gasteiger partial charge on any atom is -0.481 e. The van der Waals surface area contributed by atoms with Crippen LogP contribution in [0.15, 0.2) is 28.7 Å². The van der Waals surface area contributed by atoms with Gasteiger partial charge in [-0.3, -0.25) is 14.5 Å². The second kappa shape index (κ2) is 7.74. The zero-order chi connectivity index (χ0) is 16.1. The van der Waals surface area contributed by atoms with Crippen LogP contribution in [0.1, 0.15) is 30.9 Å². The number of hydrogen-bond donors (Lipinski definition) is 1. The molecule has 1 amide bonds. The molecule has 120 valence electrons. The molecule has 5 nitrogen and oxygen atoms in total. The van der Waals surface area contributed by atoms with Gasteiger partial charge in [0.05, 0.1) is 6.42 Å². The Morgan fingerprint density at radius 1 is 1.36 bits per heavy atom. The van der Waals surface area contributed by atoms with Crippen molar-refractivity contribution in [3.63, 3.8) is 0 Å². The van der Waals surface area contributed by atoms with Crippen molar-refractivity contribution in [3.8, 4) is 0 Å². The monoisotopic (exact) mass is 368 g/mol. The van der Waals surface area contributed by atoms with Gasteiger partial charge in [-0.25, -0.2) is 0 Å². The van der Waals surface area contributed by atoms with Crippen molar-refractivity contribution in [3.05, 3.63) is 34.3 Å². The number of carboxylic acids is 1. The number of nitrogens with zero attached hydrogens (tertiary/aromatic N) is 2. The van der Waals surface area contributed by atoms with Crippen molar-refractivity contribution in [1.82, 2.24) is 9.80 Å². The van der Waals surface area contributed by atoms with Gasteiger partial charge in [0.1, 0.15) is 6.04 Å². The van der Waals surface area contributed by atoms with E-state index in [2.05, 4.69) is 20.8 Å². The van der Waals surface area contributed by atoms with Gasteiger partial charge < -0.3 is 10.0 Å². The summed E-state index contributed by atoms with van der Waals surface area (Å²) in [5.41, 5.74) is 0.948. The summed E-state index contributed by atoms with van der Waals surface area (Å²) >= 11 is 3.45. The number of carbonyl (C=O) groups is 2. The lowest BCUT2D eigenvalue weighted by molar-refractivity contribution is -0.139. The Labute approximate surface area is 139 Å². The fourth-order valence-corrected chi connectivity index (χ4v) is 3.19. The van der Waals surface area contributed by atoms with Crippen molar-refractivity contribution < 1.29 is 14.7 Å². The lowest BCUT2D eigenvalue weighted by Gasteiger charge is -2.30. The number of hydrogen-bond acceptors (Lipinski definition) is 3. The second-order valence-electron chi connectivity index (χ2n) is 5.60. The SMILES string of the molecule is CN(CCC(=O)O)C(=O)[C@@H](c1cccc(Br)c1)N1CCCC1. The maximum absolute atomic E-state index is 12.8. The molecule has 1 atom stereocenters. The van der Waals surface area contributed by atoms with E-state index in [1.807, 2.05) is 24.3 Å². The highest BCUT2D eigenvalue weighted by atomic mass is 79.9. The molecular formula is C16H21BrN2O3. The molecule has 1 heterocycles. The molecule has 2 rings (SSSR count). The minimum atomic E-state index is -0.889. The van der Waals surface area contributed by atoms with Crippen LogP contribution in [0.3, 0.4) is 0 Å². The number of carbonyl (C=O) groups excluding carboxylic acids is 1. The Balaban J connectivity index is 2.20. The number of carboxylic acid groups (broad SMARTS) is 1. The zero-order valence-corrected chi connectivity index (χ0v) is 14.3. The molecule has 22 heavy (non-hydrogen) atoms. The predicted molar refractivity (Wildman–Crippen MR) is 87.6 cm³/mol. The molecule has 6 heteroatoms. The first kappa shape index (κ1) is 17.0. The van der Waals surface area contributed by atoms with Crippen molar-refractivity contribution in [2.24, 2.45) is 0 Å². The van der Waals surface area contributed by atoms with E-state index < -0.39 is 5.97 Å². The van der Waals surface area contributed by atoms with E-state index >= 15 is 0 Å². The van der Waals surface area contributed by atoms with Crippen molar-refractivity contribution >= 4 is 27.8 Å². The first-order valence-electron chi connectivity index (χ1n) is 7.45. The topological polar surface area (TPSA) is 60.9 Å². The van der Waals surface area contributed by atoms with Crippen LogP contribution in [0.25, 0.3) is 0 Å². The highest BCUT2D eigenvalue weighted by Gasteiger charge is 2.31. The van der Waals surface area contributed by atoms with E-state index in [1.165, 1.54) is 4.90 Å². The molecule has 1 saturated heterocycles. The average molecular weight is 369 g/mol. The Morgan fingerprint density at radius 3 is 2.64 bits per heavy atom. The number of likely N-dealkylation sites (tertiary alicyclic amines) is 1. The smallest absolute Gasteiger partial charge is 0.305 e. The molecule has 0 spiro atoms. The quantitative estimate of drug-likeness (QED) is 0.837. The third kappa shape index (κ3) is 4.30. The van der Waals surface area contributed by atoms with Gasteiger partial charge in [0, 0.05) is 18.1 Å². The maximum Gasteiger partial charge on any atom is 0.305 e. The van der Waals surface area contributed by atoms with Gasteiger partial charge in [-0.2, -0.15) is 0 Å². The van der Waals surface area contributed by atoms with Crippen LogP contribution < -0.4 is 0 Å². The summed E-state index contributed by atoms with van der Waals surface area (Å²) in [7, 11) is 1.67. The first-order valence-corrected chi connectivity index (χ1v) is 8.24. The van der Waals surface area contributed by atoms with Gasteiger partial charge in [-0.15, -0.1) is 0 Å². The number of likely N-dealkylation sites (N-methyl/N-ethyl adjacent to an activating group) is 1. The Kier molecular flexibility index (Phi) is 5.97. The minimum absolute atomic E-state index is 0.0343. The molecular weight excluding hydrogens is 348 g/mol. The molecule has 1 N–H and O–H groups in total. The predicted octanol–water partition coefficient (Wildman–Crippen LogP) is 2.52. The van der Waals surface area contributed by atoms with Gasteiger partial charge in [0.15, 0.2) is 0 Å². The van der Waals surface area contributed by atoms with E-state index in [1.54, 1.807) is 7.05 Å². The lowest BCUT2D eigenvalue weighted by atomic mass is 10.0. The highest BCUT2D eigenvalue weighted by Crippen LogP contribution is 2.28. The maximum atomic E-state index is 12.8. The largest absolute Gasteiger partial charge is 0.481 e. The van der Waals surface area contributed by atoms with Crippen LogP contribution in [-0.4, -0.2) is 53.5 Å². The van der Waals surface area contributed by atoms with Crippen LogP contribution in [0.5, 0.6) is 0 Å². The standard InChI is InChI=1S/C16H21BrN2O3/c1-18(10-7-14(20)21)16(22)15(19-8-2-3-9-19)12-5-4-6-13(17)11-12/h4-6,11,15H,2-3,7-10H2,1H3,(H,20,21)/t15-/m1/s1. The summed E-state index contributed by atoms with van der Waals surface area (Å²) in [5.74, 6) is -0.930. The Hall–Kier alpha value is -1.40. The van der Waals surface area contributed by atoms with Gasteiger partial charge in [-0.05, 0) is 43.6 Å². The number of amides is 1. The summed E-state index contributed by atoms with van der Waals surface area (Å²) < 4.78 is 0.940. The van der Waals surface area contributed by atoms with Crippen LogP contribution in [0.2, 0.25) is 0 Å². The van der Waals surface area contributed by atoms with Crippen molar-refractivity contribution in [1.29, 1.82) is 0 Å². The van der Waals surface area contributed by atoms with Crippen LogP contribution in [0, 0.1) is 0 Å². The van der Waals surface area contributed by atoms with Crippen molar-refractivity contribution in [2.75, 3.05) is 26.7 Å². The Bertz CT molecular complexity index is 544. The van der Waals surface area contributed by atoms with E-state index in [4.69, 9.17) is 5.11 Å². The van der Waals surface area contributed by atoms with Gasteiger partial charge in [0.25, 0.3) is 0 Å². The second-order valence-corrected chi connectivity index (χ2v) is 6.52. The molecule has 1 aromatic carbocycles. The third-order valence-electron chi connectivity index (χ3n) is 3.94. The fourth-order valence-electron chi connectivity index (χ4n) is 2.77. The average Bonchev–Trinajstić information content (AvgIpc) is 2.99. The van der Waals surface area contributed by atoms with Crippen molar-refractivity contribution in [2.45, 2.75) is 25.3 Å². The van der Waals surface area contributed by atoms with E-state index in [9.17, 15) is 9.59 Å². The fraction of sp³-hybridized carbons (Fsp3) is 0.500. The number of halogens is 1. The number of rotatable bonds is 6. The third-order valence-corrected chi connectivity index (χ3v) is 4.43. The summed E-state index contributed by atoms with van der Waals surface area (Å²) in [5, 5.41) is 8.79. The van der Waals surface area contributed by atoms with Gasteiger partial charge in [-0.1, -0.05) is 28.1 Å². The highest BCUT2D eigenvalue weighted by molar-refractivity contribution is 9.10. The summed E-state index contributed by atoms with van der Waals surface area (Å²) in [6.45, 7) is 2.03. The summed E-state index contributed by atoms with van der Waals surface area (Å²) in [4.78, 5) is 27.3. The molecule has 0 unspecified atom stereocenters. The number of benzene rings is 1. The molecule has 0 radical (unpaired) electrons. The molecule has 1 aliphatic heterocycles. The first-order chi connectivity index (χ1) is 10.5. The molecule has 1 fully saturated rings. The molecule has 0 bridgehead atoms. The molecule has 0 saturated carbocycles. The zero-order valence-electron chi connectivity index (χ0n) is 12.7. The van der Waals surface area contributed by atoms with Crippen LogP contribution in [0.4, 0.5) is 0 Å². The Morgan fingerprint density at radius 2 is 2.05 bits per heavy atom. The number of aliphatic carboxylic acids is 1. The van der Waals surface area contributed by atoms with E-state index in [0.29, 0.717) is 0 Å². The molecule has 1 aliphatic rings. The van der Waals surface area contributed by atoms with Crippen LogP contribution >= 0.6 is 15.9 Å². The lowest BCUT2D eigenvalue weighted by Crippen LogP contribution is -2.41. The molecule has 0 aliphatic carbocycles. The normalized spacial score (nSPS) is 16.5.